The number of nitrogens with zero attached hydrogens (tertiary/aromatic N) is 2. The maximum Gasteiger partial charge on any atom is 0.410 e. The molecule has 32 heavy (non-hydrogen) atoms. The molecule has 2 fully saturated rings. The van der Waals surface area contributed by atoms with Gasteiger partial charge in [-0.25, -0.2) is 9.59 Å². The lowest BCUT2D eigenvalue weighted by Crippen LogP contribution is -2.41. The molecule has 2 rings (SSSR count). The van der Waals surface area contributed by atoms with Gasteiger partial charge in [-0.3, -0.25) is 9.59 Å². The molecule has 0 saturated carbocycles. The van der Waals surface area contributed by atoms with Gasteiger partial charge in [0.2, 0.25) is 0 Å². The summed E-state index contributed by atoms with van der Waals surface area (Å²) in [6.45, 7) is 15.1. The average molecular weight is 459 g/mol. The van der Waals surface area contributed by atoms with Gasteiger partial charge in [0.1, 0.15) is 11.2 Å². The Morgan fingerprint density at radius 2 is 0.969 bits per heavy atom. The number of amides is 2. The van der Waals surface area contributed by atoms with E-state index in [0.29, 0.717) is 25.9 Å². The molecule has 0 aromatic rings. The topological polar surface area (TPSA) is 134 Å². The van der Waals surface area contributed by atoms with Crippen molar-refractivity contribution in [3.05, 3.63) is 0 Å². The van der Waals surface area contributed by atoms with Gasteiger partial charge in [0.05, 0.1) is 11.8 Å². The van der Waals surface area contributed by atoms with Gasteiger partial charge in [-0.15, -0.1) is 0 Å². The quantitative estimate of drug-likeness (QED) is 0.643. The second kappa shape index (κ2) is 10.4. The molecule has 0 aliphatic carbocycles. The van der Waals surface area contributed by atoms with Crippen LogP contribution in [0.15, 0.2) is 0 Å². The van der Waals surface area contributed by atoms with E-state index in [1.807, 2.05) is 0 Å². The zero-order chi connectivity index (χ0) is 25.0. The predicted octanol–water partition coefficient (Wildman–Crippen LogP) is 3.43. The summed E-state index contributed by atoms with van der Waals surface area (Å²) < 4.78 is 10.4. The summed E-state index contributed by atoms with van der Waals surface area (Å²) in [5.41, 5.74) is -1.09. The molecule has 10 heteroatoms. The Bertz CT molecular complexity index is 650. The molecular formula is C22H38N2O8. The number of rotatable bonds is 2. The standard InChI is InChI=1S/2C11H19NO4/c2*1-7-8(9(13)14)5-6-12(7)10(15)16-11(2,3)4/h2*7-8H,5-6H2,1-4H3,(H,13,14)/t7-,8+;7-,8-/m11/s1. The smallest absolute Gasteiger partial charge is 0.410 e. The molecule has 2 amide bonds. The third kappa shape index (κ3) is 7.87. The number of likely N-dealkylation sites (tertiary alicyclic amines) is 2. The molecule has 2 aliphatic rings. The van der Waals surface area contributed by atoms with Gasteiger partial charge >= 0.3 is 24.1 Å². The van der Waals surface area contributed by atoms with Gasteiger partial charge in [-0.05, 0) is 68.2 Å². The van der Waals surface area contributed by atoms with Gasteiger partial charge in [0.15, 0.2) is 0 Å². The van der Waals surface area contributed by atoms with Crippen molar-refractivity contribution in [3.8, 4) is 0 Å². The number of hydrogen-bond donors (Lipinski definition) is 2. The van der Waals surface area contributed by atoms with Crippen molar-refractivity contribution >= 4 is 24.1 Å². The second-order valence-electron chi connectivity index (χ2n) is 10.3. The van der Waals surface area contributed by atoms with Crippen molar-refractivity contribution in [3.63, 3.8) is 0 Å². The van der Waals surface area contributed by atoms with Crippen LogP contribution in [0.2, 0.25) is 0 Å². The summed E-state index contributed by atoms with van der Waals surface area (Å²) in [5, 5.41) is 17.9. The Kier molecular flexibility index (Phi) is 8.94. The van der Waals surface area contributed by atoms with Gasteiger partial charge in [-0.2, -0.15) is 0 Å². The maximum atomic E-state index is 11.8. The molecule has 184 valence electrons. The Morgan fingerprint density at radius 1 is 0.688 bits per heavy atom. The van der Waals surface area contributed by atoms with Crippen LogP contribution in [0.1, 0.15) is 68.2 Å². The Morgan fingerprint density at radius 3 is 1.16 bits per heavy atom. The van der Waals surface area contributed by atoms with E-state index in [-0.39, 0.29) is 12.1 Å². The van der Waals surface area contributed by atoms with Crippen LogP contribution in [-0.4, -0.2) is 80.5 Å². The molecule has 10 nitrogen and oxygen atoms in total. The number of carboxylic acids is 2. The molecule has 2 heterocycles. The van der Waals surface area contributed by atoms with Crippen molar-refractivity contribution in [1.29, 1.82) is 0 Å². The molecule has 2 aliphatic heterocycles. The van der Waals surface area contributed by atoms with Crippen molar-refractivity contribution < 1.29 is 38.9 Å². The van der Waals surface area contributed by atoms with Crippen LogP contribution < -0.4 is 0 Å². The van der Waals surface area contributed by atoms with E-state index in [1.165, 1.54) is 9.80 Å². The average Bonchev–Trinajstić information content (AvgIpc) is 3.15. The van der Waals surface area contributed by atoms with Gasteiger partial charge in [-0.1, -0.05) is 0 Å². The third-order valence-corrected chi connectivity index (χ3v) is 5.40. The van der Waals surface area contributed by atoms with E-state index in [0.717, 1.165) is 0 Å². The zero-order valence-electron chi connectivity index (χ0n) is 20.4. The second-order valence-corrected chi connectivity index (χ2v) is 10.3. The molecule has 4 atom stereocenters. The summed E-state index contributed by atoms with van der Waals surface area (Å²) in [6.07, 6.45) is 0.137. The van der Waals surface area contributed by atoms with Crippen LogP contribution in [0, 0.1) is 11.8 Å². The lowest BCUT2D eigenvalue weighted by molar-refractivity contribution is -0.143. The van der Waals surface area contributed by atoms with Crippen LogP contribution in [0.4, 0.5) is 9.59 Å². The highest BCUT2D eigenvalue weighted by Gasteiger charge is 2.40. The number of aliphatic carboxylic acids is 2. The Hall–Kier alpha value is -2.52. The highest BCUT2D eigenvalue weighted by atomic mass is 16.6. The first-order valence-electron chi connectivity index (χ1n) is 10.9. The van der Waals surface area contributed by atoms with E-state index in [2.05, 4.69) is 0 Å². The Labute approximate surface area is 189 Å². The molecule has 2 saturated heterocycles. The Balaban J connectivity index is 0.000000320. The van der Waals surface area contributed by atoms with Crippen molar-refractivity contribution in [2.75, 3.05) is 13.1 Å². The fourth-order valence-electron chi connectivity index (χ4n) is 3.70. The fourth-order valence-corrected chi connectivity index (χ4v) is 3.70. The summed E-state index contributed by atoms with van der Waals surface area (Å²) in [7, 11) is 0. The van der Waals surface area contributed by atoms with E-state index < -0.39 is 47.2 Å². The van der Waals surface area contributed by atoms with Gasteiger partial charge < -0.3 is 29.5 Å². The molecule has 0 aromatic heterocycles. The summed E-state index contributed by atoms with van der Waals surface area (Å²) in [5.74, 6) is -2.66. The molecule has 0 aromatic carbocycles. The summed E-state index contributed by atoms with van der Waals surface area (Å²) in [6, 6.07) is -0.598. The van der Waals surface area contributed by atoms with Gasteiger partial charge in [0.25, 0.3) is 0 Å². The number of ether oxygens (including phenoxy) is 2. The molecule has 0 radical (unpaired) electrons. The third-order valence-electron chi connectivity index (χ3n) is 5.40. The lowest BCUT2D eigenvalue weighted by atomic mass is 10.0. The molecule has 2 N–H and O–H groups in total. The number of hydrogen-bond acceptors (Lipinski definition) is 6. The largest absolute Gasteiger partial charge is 0.481 e. The van der Waals surface area contributed by atoms with Crippen LogP contribution in [0.5, 0.6) is 0 Å². The van der Waals surface area contributed by atoms with Crippen molar-refractivity contribution in [1.82, 2.24) is 9.80 Å². The van der Waals surface area contributed by atoms with E-state index >= 15 is 0 Å². The minimum absolute atomic E-state index is 0.299. The summed E-state index contributed by atoms with van der Waals surface area (Å²) in [4.78, 5) is 48.3. The van der Waals surface area contributed by atoms with Crippen molar-refractivity contribution in [2.45, 2.75) is 91.5 Å². The molecule has 0 spiro atoms. The van der Waals surface area contributed by atoms with Crippen molar-refractivity contribution in [2.24, 2.45) is 11.8 Å². The van der Waals surface area contributed by atoms with Crippen LogP contribution in [-0.2, 0) is 19.1 Å². The van der Waals surface area contributed by atoms with Crippen LogP contribution >= 0.6 is 0 Å². The van der Waals surface area contributed by atoms with Crippen LogP contribution in [0.25, 0.3) is 0 Å². The van der Waals surface area contributed by atoms with Gasteiger partial charge in [0, 0.05) is 25.2 Å². The first kappa shape index (κ1) is 27.5. The highest BCUT2D eigenvalue weighted by Crippen LogP contribution is 2.27. The minimum atomic E-state index is -0.849. The zero-order valence-corrected chi connectivity index (χ0v) is 20.4. The van der Waals surface area contributed by atoms with E-state index in [1.54, 1.807) is 55.4 Å². The number of carboxylic acid groups (broad SMARTS) is 2. The number of carbonyl (C=O) groups excluding carboxylic acids is 2. The summed E-state index contributed by atoms with van der Waals surface area (Å²) >= 11 is 0. The SMILES string of the molecule is C[C@@H]1[C@@H](C(=O)O)CCN1C(=O)OC(C)(C)C.C[C@@H]1[C@H](C(=O)O)CCN1C(=O)OC(C)(C)C. The predicted molar refractivity (Wildman–Crippen MR) is 116 cm³/mol. The van der Waals surface area contributed by atoms with Crippen LogP contribution in [0.3, 0.4) is 0 Å². The lowest BCUT2D eigenvalue weighted by Gasteiger charge is -2.27. The molecule has 0 unspecified atom stereocenters. The molecular weight excluding hydrogens is 420 g/mol. The fraction of sp³-hybridized carbons (Fsp3) is 0.818. The monoisotopic (exact) mass is 458 g/mol. The number of carbonyl (C=O) groups is 4. The normalized spacial score (nSPS) is 25.6. The van der Waals surface area contributed by atoms with E-state index in [9.17, 15) is 19.2 Å². The molecule has 0 bridgehead atoms. The first-order chi connectivity index (χ1) is 14.4. The highest BCUT2D eigenvalue weighted by molar-refractivity contribution is 5.76. The maximum absolute atomic E-state index is 11.8. The van der Waals surface area contributed by atoms with E-state index in [4.69, 9.17) is 19.7 Å². The minimum Gasteiger partial charge on any atom is -0.481 e. The first-order valence-corrected chi connectivity index (χ1v) is 10.9.